The van der Waals surface area contributed by atoms with E-state index in [0.717, 1.165) is 10.0 Å². The minimum atomic E-state index is 0.271. The highest BCUT2D eigenvalue weighted by atomic mass is 79.9. The van der Waals surface area contributed by atoms with E-state index in [4.69, 9.17) is 6.57 Å². The molecule has 0 atom stereocenters. The van der Waals surface area contributed by atoms with Crippen LogP contribution in [0.3, 0.4) is 0 Å². The molecule has 0 saturated heterocycles. The Hall–Kier alpha value is -1.80. The predicted octanol–water partition coefficient (Wildman–Crippen LogP) is 2.85. The van der Waals surface area contributed by atoms with Gasteiger partial charge in [0.2, 0.25) is 6.33 Å². The summed E-state index contributed by atoms with van der Waals surface area (Å²) in [5, 5.41) is 7.58. The lowest BCUT2D eigenvalue weighted by Crippen LogP contribution is -1.89. The van der Waals surface area contributed by atoms with Crippen molar-refractivity contribution in [3.05, 3.63) is 46.5 Å². The predicted molar refractivity (Wildman–Crippen MR) is 59.2 cm³/mol. The zero-order chi connectivity index (χ0) is 10.7. The SMILES string of the molecule is [C-]#[N+]c1ncnnc1-c1ccc(Br)cc1. The van der Waals surface area contributed by atoms with Crippen molar-refractivity contribution in [3.63, 3.8) is 0 Å². The summed E-state index contributed by atoms with van der Waals surface area (Å²) in [4.78, 5) is 7.15. The van der Waals surface area contributed by atoms with Crippen molar-refractivity contribution in [2.75, 3.05) is 0 Å². The molecule has 5 heteroatoms. The number of hydrogen-bond donors (Lipinski definition) is 0. The first kappa shape index (κ1) is 9.74. The maximum Gasteiger partial charge on any atom is 0.299 e. The molecule has 0 radical (unpaired) electrons. The summed E-state index contributed by atoms with van der Waals surface area (Å²) in [5.41, 5.74) is 1.35. The summed E-state index contributed by atoms with van der Waals surface area (Å²) in [5.74, 6) is 0.271. The minimum absolute atomic E-state index is 0.271. The summed E-state index contributed by atoms with van der Waals surface area (Å²) in [6, 6.07) is 7.50. The summed E-state index contributed by atoms with van der Waals surface area (Å²) in [6.07, 6.45) is 1.27. The average Bonchev–Trinajstić information content (AvgIpc) is 2.30. The number of hydrogen-bond acceptors (Lipinski definition) is 3. The van der Waals surface area contributed by atoms with Crippen molar-refractivity contribution >= 4 is 21.7 Å². The largest absolute Gasteiger partial charge is 0.359 e. The lowest BCUT2D eigenvalue weighted by atomic mass is 10.1. The molecule has 0 fully saturated rings. The quantitative estimate of drug-likeness (QED) is 0.741. The molecule has 0 amide bonds. The van der Waals surface area contributed by atoms with Crippen LogP contribution in [0.4, 0.5) is 5.82 Å². The summed E-state index contributed by atoms with van der Waals surface area (Å²) in [6.45, 7) is 6.96. The molecule has 72 valence electrons. The van der Waals surface area contributed by atoms with Crippen molar-refractivity contribution in [2.45, 2.75) is 0 Å². The van der Waals surface area contributed by atoms with Crippen molar-refractivity contribution in [1.29, 1.82) is 0 Å². The van der Waals surface area contributed by atoms with Crippen molar-refractivity contribution in [1.82, 2.24) is 15.2 Å². The van der Waals surface area contributed by atoms with Crippen molar-refractivity contribution < 1.29 is 0 Å². The molecule has 4 nitrogen and oxygen atoms in total. The van der Waals surface area contributed by atoms with Crippen LogP contribution in [0.25, 0.3) is 16.1 Å². The van der Waals surface area contributed by atoms with Gasteiger partial charge < -0.3 is 4.85 Å². The normalized spacial score (nSPS) is 9.60. The standard InChI is InChI=1S/C10H5BrN4/c1-12-10-9(15-14-6-13-10)7-2-4-8(11)5-3-7/h2-6H. The number of benzene rings is 1. The van der Waals surface area contributed by atoms with Gasteiger partial charge in [0, 0.05) is 4.47 Å². The van der Waals surface area contributed by atoms with E-state index in [0.29, 0.717) is 5.69 Å². The average molecular weight is 261 g/mol. The molecule has 1 aromatic heterocycles. The van der Waals surface area contributed by atoms with E-state index in [1.54, 1.807) is 0 Å². The van der Waals surface area contributed by atoms with Gasteiger partial charge >= 0.3 is 0 Å². The van der Waals surface area contributed by atoms with Crippen LogP contribution in [0.5, 0.6) is 0 Å². The highest BCUT2D eigenvalue weighted by Crippen LogP contribution is 2.25. The van der Waals surface area contributed by atoms with E-state index in [9.17, 15) is 0 Å². The molecule has 0 bridgehead atoms. The Kier molecular flexibility index (Phi) is 2.70. The molecule has 0 aliphatic heterocycles. The molecule has 15 heavy (non-hydrogen) atoms. The minimum Gasteiger partial charge on any atom is -0.359 e. The third-order valence-electron chi connectivity index (χ3n) is 1.82. The molecule has 0 unspecified atom stereocenters. The van der Waals surface area contributed by atoms with E-state index in [-0.39, 0.29) is 5.82 Å². The van der Waals surface area contributed by atoms with Crippen LogP contribution in [-0.2, 0) is 0 Å². The van der Waals surface area contributed by atoms with Crippen LogP contribution in [0, 0.1) is 6.57 Å². The van der Waals surface area contributed by atoms with Crippen molar-refractivity contribution in [2.24, 2.45) is 0 Å². The Morgan fingerprint density at radius 2 is 1.93 bits per heavy atom. The molecule has 0 N–H and O–H groups in total. The summed E-state index contributed by atoms with van der Waals surface area (Å²) in [7, 11) is 0. The van der Waals surface area contributed by atoms with Crippen LogP contribution < -0.4 is 0 Å². The molecule has 1 heterocycles. The van der Waals surface area contributed by atoms with E-state index < -0.39 is 0 Å². The Morgan fingerprint density at radius 1 is 1.20 bits per heavy atom. The Bertz CT molecular complexity index is 516. The number of halogens is 1. The maximum absolute atomic E-state index is 6.96. The van der Waals surface area contributed by atoms with E-state index in [1.807, 2.05) is 24.3 Å². The number of aromatic nitrogens is 3. The second-order valence-electron chi connectivity index (χ2n) is 2.75. The highest BCUT2D eigenvalue weighted by molar-refractivity contribution is 9.10. The van der Waals surface area contributed by atoms with Gasteiger partial charge in [-0.2, -0.15) is 5.10 Å². The van der Waals surface area contributed by atoms with Gasteiger partial charge in [0.05, 0.1) is 0 Å². The molecule has 0 saturated carbocycles. The molecule has 1 aromatic carbocycles. The van der Waals surface area contributed by atoms with Gasteiger partial charge in [-0.15, -0.1) is 10.1 Å². The van der Waals surface area contributed by atoms with Gasteiger partial charge in [-0.3, -0.25) is 0 Å². The van der Waals surface area contributed by atoms with Crippen LogP contribution in [0.2, 0.25) is 0 Å². The van der Waals surface area contributed by atoms with Gasteiger partial charge in [0.15, 0.2) is 0 Å². The molecule has 0 spiro atoms. The summed E-state index contributed by atoms with van der Waals surface area (Å²) < 4.78 is 0.979. The molecule has 2 aromatic rings. The Labute approximate surface area is 95.0 Å². The van der Waals surface area contributed by atoms with Gasteiger partial charge in [-0.25, -0.2) is 0 Å². The van der Waals surface area contributed by atoms with Gasteiger partial charge in [0.25, 0.3) is 5.82 Å². The number of nitrogens with zero attached hydrogens (tertiary/aromatic N) is 4. The fourth-order valence-electron chi connectivity index (χ4n) is 1.15. The van der Waals surface area contributed by atoms with E-state index in [2.05, 4.69) is 36.0 Å². The molecular weight excluding hydrogens is 256 g/mol. The van der Waals surface area contributed by atoms with E-state index >= 15 is 0 Å². The Balaban J connectivity index is 2.55. The first-order valence-electron chi connectivity index (χ1n) is 4.12. The second kappa shape index (κ2) is 4.15. The third kappa shape index (κ3) is 2.00. The van der Waals surface area contributed by atoms with Crippen LogP contribution >= 0.6 is 15.9 Å². The van der Waals surface area contributed by atoms with E-state index in [1.165, 1.54) is 6.33 Å². The summed E-state index contributed by atoms with van der Waals surface area (Å²) >= 11 is 3.34. The lowest BCUT2D eigenvalue weighted by Gasteiger charge is -2.00. The first-order valence-corrected chi connectivity index (χ1v) is 4.91. The van der Waals surface area contributed by atoms with Gasteiger partial charge in [-0.1, -0.05) is 34.6 Å². The van der Waals surface area contributed by atoms with Gasteiger partial charge in [-0.05, 0) is 17.7 Å². The highest BCUT2D eigenvalue weighted by Gasteiger charge is 2.07. The monoisotopic (exact) mass is 260 g/mol. The zero-order valence-electron chi connectivity index (χ0n) is 7.55. The topological polar surface area (TPSA) is 43.0 Å². The fourth-order valence-corrected chi connectivity index (χ4v) is 1.41. The number of rotatable bonds is 1. The molecule has 0 aliphatic rings. The first-order chi connectivity index (χ1) is 7.31. The third-order valence-corrected chi connectivity index (χ3v) is 2.35. The molecule has 2 rings (SSSR count). The molecule has 0 aliphatic carbocycles. The second-order valence-corrected chi connectivity index (χ2v) is 3.67. The van der Waals surface area contributed by atoms with Crippen molar-refractivity contribution in [3.8, 4) is 11.3 Å². The Morgan fingerprint density at radius 3 is 2.60 bits per heavy atom. The maximum atomic E-state index is 6.96. The van der Waals surface area contributed by atoms with Crippen LogP contribution in [0.1, 0.15) is 0 Å². The smallest absolute Gasteiger partial charge is 0.299 e. The van der Waals surface area contributed by atoms with Gasteiger partial charge in [0.1, 0.15) is 5.69 Å². The molecular formula is C10H5BrN4. The zero-order valence-corrected chi connectivity index (χ0v) is 9.14. The van der Waals surface area contributed by atoms with Crippen LogP contribution in [-0.4, -0.2) is 15.2 Å². The van der Waals surface area contributed by atoms with Crippen LogP contribution in [0.15, 0.2) is 35.1 Å². The fraction of sp³-hybridized carbons (Fsp3) is 0. The lowest BCUT2D eigenvalue weighted by molar-refractivity contribution is 0.986.